The lowest BCUT2D eigenvalue weighted by atomic mass is 9.96. The number of benzene rings is 2. The molecule has 1 atom stereocenters. The lowest BCUT2D eigenvalue weighted by molar-refractivity contribution is -0.122. The molecule has 1 aliphatic rings. The lowest BCUT2D eigenvalue weighted by Crippen LogP contribution is -2.42. The number of fused-ring (bicyclic) bond motifs is 1. The molecule has 8 nitrogen and oxygen atoms in total. The van der Waals surface area contributed by atoms with E-state index in [1.807, 2.05) is 44.2 Å². The zero-order valence-corrected chi connectivity index (χ0v) is 18.0. The molecule has 1 unspecified atom stereocenters. The number of carbonyl (C=O) groups excluding carboxylic acids is 2. The number of sulfonamides is 1. The van der Waals surface area contributed by atoms with Gasteiger partial charge in [0.05, 0.1) is 25.8 Å². The second-order valence-electron chi connectivity index (χ2n) is 7.22. The Kier molecular flexibility index (Phi) is 6.02. The first-order valence-corrected chi connectivity index (χ1v) is 10.8. The molecule has 0 fully saturated rings. The molecule has 0 radical (unpaired) electrons. The van der Waals surface area contributed by atoms with Crippen molar-refractivity contribution in [3.63, 3.8) is 0 Å². The normalized spacial score (nSPS) is 15.6. The van der Waals surface area contributed by atoms with Gasteiger partial charge in [-0.05, 0) is 17.5 Å². The molecule has 2 aromatic carbocycles. The molecule has 0 saturated carbocycles. The third kappa shape index (κ3) is 3.85. The van der Waals surface area contributed by atoms with Crippen LogP contribution in [0.2, 0.25) is 0 Å². The standard InChI is InChI=1S/C21H24N2O6S/c1-13(2)20(14-8-6-5-7-9-14)22-19(24)12-23-21(25)15-10-16(28-3)17(29-4)11-18(15)30(23,26)27/h5-11,13,20H,12H2,1-4H3,(H,22,24). The Morgan fingerprint density at radius 2 is 1.67 bits per heavy atom. The Labute approximate surface area is 175 Å². The van der Waals surface area contributed by atoms with Gasteiger partial charge in [-0.25, -0.2) is 12.7 Å². The van der Waals surface area contributed by atoms with Crippen LogP contribution in [0.5, 0.6) is 11.5 Å². The van der Waals surface area contributed by atoms with E-state index in [9.17, 15) is 18.0 Å². The Hall–Kier alpha value is -3.07. The number of nitrogens with one attached hydrogen (secondary N) is 1. The summed E-state index contributed by atoms with van der Waals surface area (Å²) < 4.78 is 36.7. The van der Waals surface area contributed by atoms with Crippen molar-refractivity contribution >= 4 is 21.8 Å². The van der Waals surface area contributed by atoms with Crippen LogP contribution in [-0.4, -0.2) is 45.3 Å². The lowest BCUT2D eigenvalue weighted by Gasteiger charge is -2.24. The van der Waals surface area contributed by atoms with Gasteiger partial charge in [-0.2, -0.15) is 0 Å². The van der Waals surface area contributed by atoms with Crippen molar-refractivity contribution in [2.24, 2.45) is 5.92 Å². The molecule has 1 aliphatic heterocycles. The van der Waals surface area contributed by atoms with Crippen molar-refractivity contribution in [3.8, 4) is 11.5 Å². The highest BCUT2D eigenvalue weighted by molar-refractivity contribution is 7.90. The van der Waals surface area contributed by atoms with Crippen molar-refractivity contribution < 1.29 is 27.5 Å². The van der Waals surface area contributed by atoms with Gasteiger partial charge in [0.1, 0.15) is 11.4 Å². The van der Waals surface area contributed by atoms with Crippen molar-refractivity contribution in [2.75, 3.05) is 20.8 Å². The Balaban J connectivity index is 1.86. The fourth-order valence-corrected chi connectivity index (χ4v) is 4.93. The Morgan fingerprint density at radius 1 is 1.07 bits per heavy atom. The topological polar surface area (TPSA) is 102 Å². The quantitative estimate of drug-likeness (QED) is 0.721. The van der Waals surface area contributed by atoms with Gasteiger partial charge in [-0.15, -0.1) is 0 Å². The molecule has 0 bridgehead atoms. The maximum atomic E-state index is 12.9. The Morgan fingerprint density at radius 3 is 2.23 bits per heavy atom. The summed E-state index contributed by atoms with van der Waals surface area (Å²) in [5.74, 6) is -0.867. The van der Waals surface area contributed by atoms with Crippen LogP contribution in [0, 0.1) is 5.92 Å². The van der Waals surface area contributed by atoms with Gasteiger partial charge in [0.25, 0.3) is 15.9 Å². The average molecular weight is 432 g/mol. The summed E-state index contributed by atoms with van der Waals surface area (Å²) in [7, 11) is -1.42. The number of ether oxygens (including phenoxy) is 2. The third-order valence-corrected chi connectivity index (χ3v) is 6.71. The van der Waals surface area contributed by atoms with Gasteiger partial charge in [-0.3, -0.25) is 9.59 Å². The molecule has 30 heavy (non-hydrogen) atoms. The van der Waals surface area contributed by atoms with Crippen molar-refractivity contribution in [1.82, 2.24) is 9.62 Å². The molecule has 2 amide bonds. The van der Waals surface area contributed by atoms with E-state index in [2.05, 4.69) is 5.32 Å². The molecular formula is C21H24N2O6S. The fourth-order valence-electron chi connectivity index (χ4n) is 3.40. The molecular weight excluding hydrogens is 408 g/mol. The van der Waals surface area contributed by atoms with Crippen LogP contribution in [0.1, 0.15) is 35.8 Å². The number of rotatable bonds is 7. The summed E-state index contributed by atoms with van der Waals surface area (Å²) in [6.07, 6.45) is 0. The fraction of sp³-hybridized carbons (Fsp3) is 0.333. The highest BCUT2D eigenvalue weighted by Crippen LogP contribution is 2.38. The number of nitrogens with zero attached hydrogens (tertiary/aromatic N) is 1. The summed E-state index contributed by atoms with van der Waals surface area (Å²) in [4.78, 5) is 25.3. The van der Waals surface area contributed by atoms with Gasteiger partial charge in [0.2, 0.25) is 5.91 Å². The summed E-state index contributed by atoms with van der Waals surface area (Å²) in [6, 6.07) is 11.6. The number of hydrogen-bond acceptors (Lipinski definition) is 6. The van der Waals surface area contributed by atoms with Crippen LogP contribution in [0.15, 0.2) is 47.4 Å². The van der Waals surface area contributed by atoms with Crippen molar-refractivity contribution in [1.29, 1.82) is 0 Å². The van der Waals surface area contributed by atoms with E-state index in [1.165, 1.54) is 26.4 Å². The van der Waals surface area contributed by atoms with Crippen molar-refractivity contribution in [2.45, 2.75) is 24.8 Å². The highest BCUT2D eigenvalue weighted by Gasteiger charge is 2.43. The predicted octanol–water partition coefficient (Wildman–Crippen LogP) is 2.36. The van der Waals surface area contributed by atoms with Crippen LogP contribution in [0.25, 0.3) is 0 Å². The van der Waals surface area contributed by atoms with Crippen LogP contribution in [-0.2, 0) is 14.8 Å². The third-order valence-electron chi connectivity index (χ3n) is 4.94. The van der Waals surface area contributed by atoms with Crippen molar-refractivity contribution in [3.05, 3.63) is 53.6 Å². The molecule has 0 aromatic heterocycles. The second-order valence-corrected chi connectivity index (χ2v) is 9.05. The zero-order chi connectivity index (χ0) is 22.1. The van der Waals surface area contributed by atoms with Crippen LogP contribution in [0.3, 0.4) is 0 Å². The van der Waals surface area contributed by atoms with E-state index in [0.29, 0.717) is 4.31 Å². The molecule has 160 valence electrons. The van der Waals surface area contributed by atoms with E-state index in [1.54, 1.807) is 0 Å². The molecule has 1 heterocycles. The first-order chi connectivity index (χ1) is 14.2. The second kappa shape index (κ2) is 8.35. The minimum Gasteiger partial charge on any atom is -0.493 e. The van der Waals surface area contributed by atoms with E-state index < -0.39 is 28.4 Å². The van der Waals surface area contributed by atoms with E-state index in [-0.39, 0.29) is 33.9 Å². The maximum Gasteiger partial charge on any atom is 0.269 e. The SMILES string of the molecule is COc1cc2c(cc1OC)S(=O)(=O)N(CC(=O)NC(c1ccccc1)C(C)C)C2=O. The summed E-state index contributed by atoms with van der Waals surface area (Å²) in [5.41, 5.74) is 0.845. The smallest absolute Gasteiger partial charge is 0.269 e. The van der Waals surface area contributed by atoms with E-state index in [0.717, 1.165) is 5.56 Å². The molecule has 9 heteroatoms. The van der Waals surface area contributed by atoms with Gasteiger partial charge < -0.3 is 14.8 Å². The van der Waals surface area contributed by atoms with Gasteiger partial charge in [0.15, 0.2) is 11.5 Å². The molecule has 0 spiro atoms. The monoisotopic (exact) mass is 432 g/mol. The van der Waals surface area contributed by atoms with Crippen LogP contribution in [0.4, 0.5) is 0 Å². The summed E-state index contributed by atoms with van der Waals surface area (Å²) >= 11 is 0. The average Bonchev–Trinajstić information content (AvgIpc) is 2.91. The van der Waals surface area contributed by atoms with E-state index in [4.69, 9.17) is 9.47 Å². The first-order valence-electron chi connectivity index (χ1n) is 9.38. The number of hydrogen-bond donors (Lipinski definition) is 1. The van der Waals surface area contributed by atoms with Crippen LogP contribution >= 0.6 is 0 Å². The van der Waals surface area contributed by atoms with Gasteiger partial charge in [0, 0.05) is 6.07 Å². The Bertz CT molecular complexity index is 1070. The number of amides is 2. The molecule has 1 N–H and O–H groups in total. The molecule has 0 aliphatic carbocycles. The predicted molar refractivity (Wildman–Crippen MR) is 110 cm³/mol. The molecule has 3 rings (SSSR count). The summed E-state index contributed by atoms with van der Waals surface area (Å²) in [6.45, 7) is 3.28. The highest BCUT2D eigenvalue weighted by atomic mass is 32.2. The minimum atomic E-state index is -4.18. The van der Waals surface area contributed by atoms with E-state index >= 15 is 0 Å². The largest absolute Gasteiger partial charge is 0.493 e. The molecule has 0 saturated heterocycles. The van der Waals surface area contributed by atoms with Gasteiger partial charge >= 0.3 is 0 Å². The maximum absolute atomic E-state index is 12.9. The zero-order valence-electron chi connectivity index (χ0n) is 17.2. The van der Waals surface area contributed by atoms with Crippen LogP contribution < -0.4 is 14.8 Å². The molecule has 2 aromatic rings. The number of carbonyl (C=O) groups is 2. The summed E-state index contributed by atoms with van der Waals surface area (Å²) in [5, 5.41) is 2.84. The van der Waals surface area contributed by atoms with Gasteiger partial charge in [-0.1, -0.05) is 44.2 Å². The number of methoxy groups -OCH3 is 2. The minimum absolute atomic E-state index is 0.0519. The first kappa shape index (κ1) is 21.6.